The first-order valence-electron chi connectivity index (χ1n) is 4.67. The van der Waals surface area contributed by atoms with E-state index in [2.05, 4.69) is 6.07 Å². The first-order chi connectivity index (χ1) is 7.20. The summed E-state index contributed by atoms with van der Waals surface area (Å²) in [6, 6.07) is 7.56. The third-order valence-electron chi connectivity index (χ3n) is 2.40. The quantitative estimate of drug-likeness (QED) is 0.761. The molecule has 0 aromatic heterocycles. The Balaban J connectivity index is 2.18. The summed E-state index contributed by atoms with van der Waals surface area (Å²) in [6.07, 6.45) is 0.971. The van der Waals surface area contributed by atoms with Gasteiger partial charge in [0.05, 0.1) is 34.7 Å². The van der Waals surface area contributed by atoms with Crippen LogP contribution in [-0.2, 0) is 4.74 Å². The van der Waals surface area contributed by atoms with Crippen LogP contribution in [-0.4, -0.2) is 12.7 Å². The molecule has 1 aliphatic rings. The van der Waals surface area contributed by atoms with Gasteiger partial charge in [0.25, 0.3) is 0 Å². The van der Waals surface area contributed by atoms with Crippen molar-refractivity contribution in [2.75, 3.05) is 6.61 Å². The Morgan fingerprint density at radius 2 is 2.20 bits per heavy atom. The van der Waals surface area contributed by atoms with E-state index >= 15 is 0 Å². The van der Waals surface area contributed by atoms with Crippen LogP contribution in [0.3, 0.4) is 0 Å². The number of hydrogen-bond acceptors (Lipinski definition) is 2. The van der Waals surface area contributed by atoms with Crippen LogP contribution in [0.1, 0.15) is 17.9 Å². The topological polar surface area (TPSA) is 36.3 Å². The largest absolute Gasteiger partial charge is 0.373 e. The lowest BCUT2D eigenvalue weighted by molar-refractivity contribution is 0.391. The second kappa shape index (κ2) is 4.40. The second-order valence-corrected chi connectivity index (χ2v) is 4.36. The Morgan fingerprint density at radius 3 is 2.73 bits per heavy atom. The van der Waals surface area contributed by atoms with Crippen molar-refractivity contribution in [2.45, 2.75) is 18.4 Å². The maximum Gasteiger partial charge on any atom is 0.0825 e. The summed E-state index contributed by atoms with van der Waals surface area (Å²) in [7, 11) is 0. The Labute approximate surface area is 98.4 Å². The molecule has 15 heavy (non-hydrogen) atoms. The molecule has 0 N–H and O–H groups in total. The summed E-state index contributed by atoms with van der Waals surface area (Å²) in [4.78, 5) is 0. The highest BCUT2D eigenvalue weighted by atomic mass is 35.5. The van der Waals surface area contributed by atoms with Crippen molar-refractivity contribution in [1.29, 1.82) is 5.26 Å². The molecule has 78 valence electrons. The van der Waals surface area contributed by atoms with Gasteiger partial charge >= 0.3 is 0 Å². The molecule has 1 heterocycles. The van der Waals surface area contributed by atoms with Crippen LogP contribution < -0.4 is 0 Å². The molecule has 1 saturated heterocycles. The van der Waals surface area contributed by atoms with E-state index < -0.39 is 0 Å². The smallest absolute Gasteiger partial charge is 0.0825 e. The van der Waals surface area contributed by atoms with Crippen molar-refractivity contribution in [2.24, 2.45) is 0 Å². The van der Waals surface area contributed by atoms with Gasteiger partial charge in [-0.1, -0.05) is 29.3 Å². The standard InChI is InChI=1S/C11H9Cl2NO/c12-10-2-1-7(4-11(10)13)8(5-14)3-9-6-15-9/h1-2,4,8-9H,3,6H2/t8?,9-/m0/s1. The van der Waals surface area contributed by atoms with E-state index in [1.165, 1.54) is 0 Å². The molecule has 1 aromatic carbocycles. The predicted molar refractivity (Wildman–Crippen MR) is 59.2 cm³/mol. The zero-order valence-corrected chi connectivity index (χ0v) is 9.42. The van der Waals surface area contributed by atoms with Crippen LogP contribution >= 0.6 is 23.2 Å². The van der Waals surface area contributed by atoms with E-state index in [1.807, 2.05) is 6.07 Å². The van der Waals surface area contributed by atoms with Gasteiger partial charge < -0.3 is 4.74 Å². The molecule has 1 aromatic rings. The normalized spacial score (nSPS) is 20.7. The van der Waals surface area contributed by atoms with Crippen molar-refractivity contribution in [3.05, 3.63) is 33.8 Å². The van der Waals surface area contributed by atoms with Gasteiger partial charge in [0.15, 0.2) is 0 Å². The van der Waals surface area contributed by atoms with Crippen LogP contribution in [0.5, 0.6) is 0 Å². The number of halogens is 2. The summed E-state index contributed by atoms with van der Waals surface area (Å²) >= 11 is 11.7. The van der Waals surface area contributed by atoms with Crippen molar-refractivity contribution in [3.63, 3.8) is 0 Å². The average molecular weight is 242 g/mol. The third kappa shape index (κ3) is 2.63. The number of nitriles is 1. The van der Waals surface area contributed by atoms with Crippen LogP contribution in [0.4, 0.5) is 0 Å². The molecule has 0 saturated carbocycles. The zero-order chi connectivity index (χ0) is 10.8. The molecular formula is C11H9Cl2NO. The molecule has 2 atom stereocenters. The molecule has 0 amide bonds. The lowest BCUT2D eigenvalue weighted by Gasteiger charge is -2.08. The molecule has 1 fully saturated rings. The molecule has 4 heteroatoms. The number of nitrogens with zero attached hydrogens (tertiary/aromatic N) is 1. The lowest BCUT2D eigenvalue weighted by Crippen LogP contribution is -2.00. The number of ether oxygens (including phenoxy) is 1. The van der Waals surface area contributed by atoms with Crippen LogP contribution in [0.25, 0.3) is 0 Å². The van der Waals surface area contributed by atoms with Gasteiger partial charge in [-0.3, -0.25) is 0 Å². The van der Waals surface area contributed by atoms with Gasteiger partial charge in [0, 0.05) is 0 Å². The number of rotatable bonds is 3. The van der Waals surface area contributed by atoms with Gasteiger partial charge in [-0.2, -0.15) is 5.26 Å². The van der Waals surface area contributed by atoms with Crippen molar-refractivity contribution >= 4 is 23.2 Å². The Hall–Kier alpha value is -0.750. The number of benzene rings is 1. The molecule has 0 spiro atoms. The molecule has 2 rings (SSSR count). The highest BCUT2D eigenvalue weighted by molar-refractivity contribution is 6.42. The summed E-state index contributed by atoms with van der Waals surface area (Å²) < 4.78 is 5.11. The van der Waals surface area contributed by atoms with Gasteiger partial charge in [0.1, 0.15) is 0 Å². The second-order valence-electron chi connectivity index (χ2n) is 3.55. The predicted octanol–water partition coefficient (Wildman–Crippen LogP) is 3.39. The van der Waals surface area contributed by atoms with E-state index in [0.717, 1.165) is 18.6 Å². The van der Waals surface area contributed by atoms with Crippen molar-refractivity contribution in [1.82, 2.24) is 0 Å². The fourth-order valence-corrected chi connectivity index (χ4v) is 1.77. The van der Waals surface area contributed by atoms with E-state index in [4.69, 9.17) is 33.2 Å². The highest BCUT2D eigenvalue weighted by Gasteiger charge is 2.27. The highest BCUT2D eigenvalue weighted by Crippen LogP contribution is 2.31. The molecular weight excluding hydrogens is 233 g/mol. The van der Waals surface area contributed by atoms with E-state index in [-0.39, 0.29) is 12.0 Å². The van der Waals surface area contributed by atoms with Gasteiger partial charge in [-0.25, -0.2) is 0 Å². The fourth-order valence-electron chi connectivity index (χ4n) is 1.46. The van der Waals surface area contributed by atoms with Crippen molar-refractivity contribution in [3.8, 4) is 6.07 Å². The van der Waals surface area contributed by atoms with Crippen LogP contribution in [0, 0.1) is 11.3 Å². The van der Waals surface area contributed by atoms with Crippen molar-refractivity contribution < 1.29 is 4.74 Å². The monoisotopic (exact) mass is 241 g/mol. The molecule has 0 bridgehead atoms. The maximum atomic E-state index is 9.03. The maximum absolute atomic E-state index is 9.03. The van der Waals surface area contributed by atoms with Crippen LogP contribution in [0.15, 0.2) is 18.2 Å². The first-order valence-corrected chi connectivity index (χ1v) is 5.42. The third-order valence-corrected chi connectivity index (χ3v) is 3.14. The van der Waals surface area contributed by atoms with E-state index in [1.54, 1.807) is 12.1 Å². The lowest BCUT2D eigenvalue weighted by atomic mass is 9.96. The summed E-state index contributed by atoms with van der Waals surface area (Å²) in [6.45, 7) is 0.763. The Morgan fingerprint density at radius 1 is 1.47 bits per heavy atom. The number of hydrogen-bond donors (Lipinski definition) is 0. The van der Waals surface area contributed by atoms with Gasteiger partial charge in [-0.15, -0.1) is 0 Å². The fraction of sp³-hybridized carbons (Fsp3) is 0.364. The van der Waals surface area contributed by atoms with Crippen LogP contribution in [0.2, 0.25) is 10.0 Å². The molecule has 1 unspecified atom stereocenters. The van der Waals surface area contributed by atoms with E-state index in [9.17, 15) is 0 Å². The first kappa shape index (κ1) is 10.8. The minimum Gasteiger partial charge on any atom is -0.373 e. The molecule has 1 aliphatic heterocycles. The zero-order valence-electron chi connectivity index (χ0n) is 7.91. The molecule has 0 radical (unpaired) electrons. The number of epoxide rings is 1. The van der Waals surface area contributed by atoms with Gasteiger partial charge in [-0.05, 0) is 24.1 Å². The Kier molecular flexibility index (Phi) is 3.16. The minimum atomic E-state index is -0.160. The summed E-state index contributed by atoms with van der Waals surface area (Å²) in [5.74, 6) is -0.160. The molecule has 0 aliphatic carbocycles. The van der Waals surface area contributed by atoms with E-state index in [0.29, 0.717) is 10.0 Å². The Bertz CT molecular complexity index is 410. The van der Waals surface area contributed by atoms with Gasteiger partial charge in [0.2, 0.25) is 0 Å². The minimum absolute atomic E-state index is 0.160. The molecule has 2 nitrogen and oxygen atoms in total. The SMILES string of the molecule is N#CC(C[C@H]1CO1)c1ccc(Cl)c(Cl)c1. The average Bonchev–Trinajstić information content (AvgIpc) is 3.02. The summed E-state index contributed by atoms with van der Waals surface area (Å²) in [5.41, 5.74) is 0.905. The summed E-state index contributed by atoms with van der Waals surface area (Å²) in [5, 5.41) is 10.0.